The Morgan fingerprint density at radius 2 is 2.07 bits per heavy atom. The molecule has 0 radical (unpaired) electrons. The van der Waals surface area contributed by atoms with Gasteiger partial charge in [0.1, 0.15) is 5.75 Å². The lowest BCUT2D eigenvalue weighted by molar-refractivity contribution is -0.115. The van der Waals surface area contributed by atoms with Gasteiger partial charge in [-0.05, 0) is 31.0 Å². The molecule has 3 nitrogen and oxygen atoms in total. The smallest absolute Gasteiger partial charge is 0.224 e. The van der Waals surface area contributed by atoms with Crippen molar-refractivity contribution in [3.63, 3.8) is 0 Å². The molecule has 0 atom stereocenters. The van der Waals surface area contributed by atoms with E-state index in [9.17, 15) is 4.79 Å². The van der Waals surface area contributed by atoms with E-state index in [-0.39, 0.29) is 5.91 Å². The SMILES string of the molecule is CCC(=O)Nc1cc(C)cc(C)c1OC. The molecular weight excluding hydrogens is 190 g/mol. The van der Waals surface area contributed by atoms with Gasteiger partial charge in [-0.15, -0.1) is 0 Å². The Balaban J connectivity index is 3.09. The van der Waals surface area contributed by atoms with E-state index in [0.29, 0.717) is 6.42 Å². The van der Waals surface area contributed by atoms with Crippen LogP contribution in [0.2, 0.25) is 0 Å². The monoisotopic (exact) mass is 207 g/mol. The Morgan fingerprint density at radius 3 is 2.60 bits per heavy atom. The van der Waals surface area contributed by atoms with Crippen molar-refractivity contribution in [1.29, 1.82) is 0 Å². The lowest BCUT2D eigenvalue weighted by Gasteiger charge is -2.13. The fourth-order valence-corrected chi connectivity index (χ4v) is 1.56. The number of rotatable bonds is 3. The highest BCUT2D eigenvalue weighted by Gasteiger charge is 2.09. The number of carbonyl (C=O) groups is 1. The minimum absolute atomic E-state index is 0.00157. The molecule has 0 unspecified atom stereocenters. The number of anilines is 1. The molecule has 1 rings (SSSR count). The van der Waals surface area contributed by atoms with Crippen LogP contribution in [0.4, 0.5) is 5.69 Å². The van der Waals surface area contributed by atoms with E-state index in [0.717, 1.165) is 22.6 Å². The topological polar surface area (TPSA) is 38.3 Å². The van der Waals surface area contributed by atoms with E-state index in [1.165, 1.54) is 0 Å². The lowest BCUT2D eigenvalue weighted by Crippen LogP contribution is -2.11. The first-order valence-electron chi connectivity index (χ1n) is 5.03. The van der Waals surface area contributed by atoms with Crippen molar-refractivity contribution in [3.05, 3.63) is 23.3 Å². The number of aryl methyl sites for hydroxylation is 2. The quantitative estimate of drug-likeness (QED) is 0.827. The molecule has 0 aliphatic carbocycles. The number of ether oxygens (including phenoxy) is 1. The average molecular weight is 207 g/mol. The molecule has 0 aliphatic rings. The number of benzene rings is 1. The van der Waals surface area contributed by atoms with E-state index in [1.807, 2.05) is 32.9 Å². The van der Waals surface area contributed by atoms with Crippen molar-refractivity contribution in [2.75, 3.05) is 12.4 Å². The maximum Gasteiger partial charge on any atom is 0.224 e. The van der Waals surface area contributed by atoms with Gasteiger partial charge in [0.25, 0.3) is 0 Å². The van der Waals surface area contributed by atoms with Gasteiger partial charge in [-0.2, -0.15) is 0 Å². The van der Waals surface area contributed by atoms with E-state index < -0.39 is 0 Å². The van der Waals surface area contributed by atoms with Crippen molar-refractivity contribution in [3.8, 4) is 5.75 Å². The predicted molar refractivity (Wildman–Crippen MR) is 61.4 cm³/mol. The largest absolute Gasteiger partial charge is 0.494 e. The number of carbonyl (C=O) groups excluding carboxylic acids is 1. The molecule has 1 N–H and O–H groups in total. The Kier molecular flexibility index (Phi) is 3.72. The summed E-state index contributed by atoms with van der Waals surface area (Å²) in [6.07, 6.45) is 0.468. The number of amides is 1. The van der Waals surface area contributed by atoms with Crippen LogP contribution in [-0.2, 0) is 4.79 Å². The van der Waals surface area contributed by atoms with Crippen molar-refractivity contribution in [2.45, 2.75) is 27.2 Å². The Labute approximate surface area is 90.4 Å². The minimum atomic E-state index is -0.00157. The van der Waals surface area contributed by atoms with Crippen LogP contribution in [0.3, 0.4) is 0 Å². The summed E-state index contributed by atoms with van der Waals surface area (Å²) in [7, 11) is 1.61. The third-order valence-electron chi connectivity index (χ3n) is 2.22. The van der Waals surface area contributed by atoms with Gasteiger partial charge in [0.15, 0.2) is 0 Å². The summed E-state index contributed by atoms with van der Waals surface area (Å²) < 4.78 is 5.26. The van der Waals surface area contributed by atoms with Crippen molar-refractivity contribution < 1.29 is 9.53 Å². The molecule has 0 aromatic heterocycles. The Morgan fingerprint density at radius 1 is 1.40 bits per heavy atom. The van der Waals surface area contributed by atoms with Crippen molar-refractivity contribution in [2.24, 2.45) is 0 Å². The average Bonchev–Trinajstić information content (AvgIpc) is 2.17. The van der Waals surface area contributed by atoms with Crippen LogP contribution in [-0.4, -0.2) is 13.0 Å². The number of nitrogens with one attached hydrogen (secondary N) is 1. The van der Waals surface area contributed by atoms with Crippen LogP contribution >= 0.6 is 0 Å². The molecule has 1 aromatic carbocycles. The van der Waals surface area contributed by atoms with Gasteiger partial charge in [-0.1, -0.05) is 13.0 Å². The van der Waals surface area contributed by atoms with Crippen molar-refractivity contribution in [1.82, 2.24) is 0 Å². The third-order valence-corrected chi connectivity index (χ3v) is 2.22. The van der Waals surface area contributed by atoms with Crippen LogP contribution in [0.25, 0.3) is 0 Å². The molecule has 0 fully saturated rings. The Hall–Kier alpha value is -1.51. The summed E-state index contributed by atoms with van der Waals surface area (Å²) in [5.41, 5.74) is 2.89. The second-order valence-corrected chi connectivity index (χ2v) is 3.56. The van der Waals surface area contributed by atoms with E-state index in [2.05, 4.69) is 5.32 Å². The van der Waals surface area contributed by atoms with Crippen LogP contribution in [0, 0.1) is 13.8 Å². The van der Waals surface area contributed by atoms with E-state index in [1.54, 1.807) is 7.11 Å². The second kappa shape index (κ2) is 4.82. The zero-order chi connectivity index (χ0) is 11.4. The maximum atomic E-state index is 11.3. The first-order chi connectivity index (χ1) is 7.08. The van der Waals surface area contributed by atoms with E-state index >= 15 is 0 Å². The summed E-state index contributed by atoms with van der Waals surface area (Å²) in [4.78, 5) is 11.3. The highest BCUT2D eigenvalue weighted by Crippen LogP contribution is 2.29. The molecule has 3 heteroatoms. The van der Waals surface area contributed by atoms with Crippen LogP contribution in [0.15, 0.2) is 12.1 Å². The van der Waals surface area contributed by atoms with Crippen LogP contribution < -0.4 is 10.1 Å². The fraction of sp³-hybridized carbons (Fsp3) is 0.417. The first kappa shape index (κ1) is 11.6. The Bertz CT molecular complexity index is 372. The number of hydrogen-bond acceptors (Lipinski definition) is 2. The maximum absolute atomic E-state index is 11.3. The molecule has 0 spiro atoms. The van der Waals surface area contributed by atoms with Gasteiger partial charge in [0.2, 0.25) is 5.91 Å². The van der Waals surface area contributed by atoms with Crippen LogP contribution in [0.5, 0.6) is 5.75 Å². The van der Waals surface area contributed by atoms with Gasteiger partial charge in [0, 0.05) is 6.42 Å². The molecule has 0 aliphatic heterocycles. The third kappa shape index (κ3) is 2.72. The summed E-state index contributed by atoms with van der Waals surface area (Å²) >= 11 is 0. The van der Waals surface area contributed by atoms with Gasteiger partial charge in [0.05, 0.1) is 12.8 Å². The molecule has 1 aromatic rings. The summed E-state index contributed by atoms with van der Waals surface area (Å²) in [6.45, 7) is 5.78. The summed E-state index contributed by atoms with van der Waals surface area (Å²) in [5, 5.41) is 2.83. The van der Waals surface area contributed by atoms with Crippen molar-refractivity contribution >= 4 is 11.6 Å². The van der Waals surface area contributed by atoms with E-state index in [4.69, 9.17) is 4.74 Å². The molecule has 0 bridgehead atoms. The lowest BCUT2D eigenvalue weighted by atomic mass is 10.1. The normalized spacial score (nSPS) is 9.87. The zero-order valence-corrected chi connectivity index (χ0v) is 9.68. The highest BCUT2D eigenvalue weighted by atomic mass is 16.5. The molecular formula is C12H17NO2. The van der Waals surface area contributed by atoms with Gasteiger partial charge in [-0.25, -0.2) is 0 Å². The standard InChI is InChI=1S/C12H17NO2/c1-5-11(14)13-10-7-8(2)6-9(3)12(10)15-4/h6-7H,5H2,1-4H3,(H,13,14). The summed E-state index contributed by atoms with van der Waals surface area (Å²) in [6, 6.07) is 3.94. The molecule has 0 heterocycles. The van der Waals surface area contributed by atoms with Gasteiger partial charge >= 0.3 is 0 Å². The zero-order valence-electron chi connectivity index (χ0n) is 9.68. The number of methoxy groups -OCH3 is 1. The molecule has 0 saturated carbocycles. The molecule has 82 valence electrons. The van der Waals surface area contributed by atoms with Gasteiger partial charge < -0.3 is 10.1 Å². The van der Waals surface area contributed by atoms with Gasteiger partial charge in [-0.3, -0.25) is 4.79 Å². The summed E-state index contributed by atoms with van der Waals surface area (Å²) in [5.74, 6) is 0.737. The second-order valence-electron chi connectivity index (χ2n) is 3.56. The van der Waals surface area contributed by atoms with Crippen LogP contribution in [0.1, 0.15) is 24.5 Å². The predicted octanol–water partition coefficient (Wildman–Crippen LogP) is 2.66. The molecule has 1 amide bonds. The number of hydrogen-bond donors (Lipinski definition) is 1. The fourth-order valence-electron chi connectivity index (χ4n) is 1.56. The molecule has 15 heavy (non-hydrogen) atoms. The first-order valence-corrected chi connectivity index (χ1v) is 5.03. The minimum Gasteiger partial charge on any atom is -0.494 e. The highest BCUT2D eigenvalue weighted by molar-refractivity contribution is 5.92. The molecule has 0 saturated heterocycles.